The van der Waals surface area contributed by atoms with Crippen molar-refractivity contribution in [3.63, 3.8) is 0 Å². The van der Waals surface area contributed by atoms with E-state index in [0.717, 1.165) is 23.6 Å². The highest BCUT2D eigenvalue weighted by molar-refractivity contribution is 6.36. The molecule has 1 heterocycles. The Balaban J connectivity index is 2.29. The summed E-state index contributed by atoms with van der Waals surface area (Å²) in [4.78, 5) is 0. The highest BCUT2D eigenvalue weighted by Gasteiger charge is 2.12. The minimum Gasteiger partial charge on any atom is -0.459 e. The van der Waals surface area contributed by atoms with E-state index >= 15 is 0 Å². The van der Waals surface area contributed by atoms with E-state index in [-0.39, 0.29) is 6.04 Å². The Morgan fingerprint density at radius 1 is 1.22 bits per heavy atom. The van der Waals surface area contributed by atoms with Gasteiger partial charge >= 0.3 is 0 Å². The maximum Gasteiger partial charge on any atom is 0.135 e. The predicted molar refractivity (Wildman–Crippen MR) is 76.3 cm³/mol. The predicted octanol–water partition coefficient (Wildman–Crippen LogP) is 4.92. The van der Waals surface area contributed by atoms with Gasteiger partial charge in [-0.05, 0) is 43.8 Å². The van der Waals surface area contributed by atoms with Crippen molar-refractivity contribution in [3.05, 3.63) is 46.1 Å². The Hall–Kier alpha value is -0.960. The van der Waals surface area contributed by atoms with Crippen molar-refractivity contribution in [3.8, 4) is 11.3 Å². The molecule has 96 valence electrons. The van der Waals surface area contributed by atoms with Crippen LogP contribution in [0.3, 0.4) is 0 Å². The van der Waals surface area contributed by atoms with Crippen molar-refractivity contribution in [2.24, 2.45) is 0 Å². The minimum absolute atomic E-state index is 0.190. The van der Waals surface area contributed by atoms with Crippen LogP contribution in [0.5, 0.6) is 0 Å². The molecule has 2 aromatic rings. The van der Waals surface area contributed by atoms with Crippen LogP contribution in [-0.4, -0.2) is 6.54 Å². The maximum atomic E-state index is 6.15. The number of nitrogens with one attached hydrogen (secondary N) is 1. The fraction of sp³-hybridized carbons (Fsp3) is 0.286. The van der Waals surface area contributed by atoms with Crippen LogP contribution in [0.25, 0.3) is 11.3 Å². The third kappa shape index (κ3) is 2.89. The van der Waals surface area contributed by atoms with Gasteiger partial charge in [0.25, 0.3) is 0 Å². The SMILES string of the molecule is CCNC(C)c1ccc(-c2ccc(Cl)cc2Cl)o1. The molecule has 0 aliphatic heterocycles. The molecule has 4 heteroatoms. The van der Waals surface area contributed by atoms with Crippen LogP contribution in [0.2, 0.25) is 10.0 Å². The highest BCUT2D eigenvalue weighted by atomic mass is 35.5. The van der Waals surface area contributed by atoms with Crippen molar-refractivity contribution in [1.82, 2.24) is 5.32 Å². The first kappa shape index (κ1) is 13.5. The van der Waals surface area contributed by atoms with Gasteiger partial charge in [-0.3, -0.25) is 0 Å². The monoisotopic (exact) mass is 283 g/mol. The summed E-state index contributed by atoms with van der Waals surface area (Å²) in [5, 5.41) is 4.52. The van der Waals surface area contributed by atoms with Crippen LogP contribution in [0.1, 0.15) is 25.6 Å². The summed E-state index contributed by atoms with van der Waals surface area (Å²) in [6.07, 6.45) is 0. The molecule has 0 radical (unpaired) electrons. The molecule has 0 aliphatic rings. The average Bonchev–Trinajstić information content (AvgIpc) is 2.78. The van der Waals surface area contributed by atoms with E-state index < -0.39 is 0 Å². The van der Waals surface area contributed by atoms with E-state index in [0.29, 0.717) is 10.0 Å². The zero-order valence-electron chi connectivity index (χ0n) is 10.3. The van der Waals surface area contributed by atoms with Gasteiger partial charge in [0, 0.05) is 10.6 Å². The summed E-state index contributed by atoms with van der Waals surface area (Å²) >= 11 is 12.0. The molecule has 0 fully saturated rings. The number of rotatable bonds is 4. The van der Waals surface area contributed by atoms with Crippen LogP contribution in [0.4, 0.5) is 0 Å². The van der Waals surface area contributed by atoms with Gasteiger partial charge in [0.05, 0.1) is 11.1 Å². The number of hydrogen-bond acceptors (Lipinski definition) is 2. The van der Waals surface area contributed by atoms with Crippen molar-refractivity contribution in [2.75, 3.05) is 6.54 Å². The second-order valence-corrected chi connectivity index (χ2v) is 4.95. The molecule has 18 heavy (non-hydrogen) atoms. The summed E-state index contributed by atoms with van der Waals surface area (Å²) in [7, 11) is 0. The first-order chi connectivity index (χ1) is 8.61. The van der Waals surface area contributed by atoms with Gasteiger partial charge in [-0.25, -0.2) is 0 Å². The van der Waals surface area contributed by atoms with Gasteiger partial charge in [-0.1, -0.05) is 30.1 Å². The topological polar surface area (TPSA) is 25.2 Å². The normalized spacial score (nSPS) is 12.7. The number of furan rings is 1. The average molecular weight is 284 g/mol. The lowest BCUT2D eigenvalue weighted by atomic mass is 10.2. The van der Waals surface area contributed by atoms with Crippen LogP contribution in [0.15, 0.2) is 34.7 Å². The molecule has 0 saturated heterocycles. The van der Waals surface area contributed by atoms with E-state index in [1.807, 2.05) is 18.2 Å². The summed E-state index contributed by atoms with van der Waals surface area (Å²) < 4.78 is 5.81. The van der Waals surface area contributed by atoms with Crippen LogP contribution < -0.4 is 5.32 Å². The highest BCUT2D eigenvalue weighted by Crippen LogP contribution is 2.32. The molecule has 1 atom stereocenters. The second-order valence-electron chi connectivity index (χ2n) is 4.11. The summed E-state index contributed by atoms with van der Waals surface area (Å²) in [6.45, 7) is 5.03. The molecule has 0 saturated carbocycles. The van der Waals surface area contributed by atoms with E-state index in [4.69, 9.17) is 27.6 Å². The Morgan fingerprint density at radius 3 is 2.67 bits per heavy atom. The van der Waals surface area contributed by atoms with E-state index in [9.17, 15) is 0 Å². The first-order valence-electron chi connectivity index (χ1n) is 5.90. The molecule has 1 N–H and O–H groups in total. The fourth-order valence-electron chi connectivity index (χ4n) is 1.83. The molecule has 1 unspecified atom stereocenters. The zero-order chi connectivity index (χ0) is 13.1. The summed E-state index contributed by atoms with van der Waals surface area (Å²) in [6, 6.07) is 9.47. The van der Waals surface area contributed by atoms with Gasteiger partial charge in [0.1, 0.15) is 11.5 Å². The minimum atomic E-state index is 0.190. The molecule has 2 nitrogen and oxygen atoms in total. The largest absolute Gasteiger partial charge is 0.459 e. The fourth-order valence-corrected chi connectivity index (χ4v) is 2.33. The van der Waals surface area contributed by atoms with Crippen molar-refractivity contribution in [2.45, 2.75) is 19.9 Å². The number of benzene rings is 1. The van der Waals surface area contributed by atoms with E-state index in [1.54, 1.807) is 12.1 Å². The smallest absolute Gasteiger partial charge is 0.135 e. The van der Waals surface area contributed by atoms with Gasteiger partial charge < -0.3 is 9.73 Å². The summed E-state index contributed by atoms with van der Waals surface area (Å²) in [5.74, 6) is 1.66. The van der Waals surface area contributed by atoms with Crippen molar-refractivity contribution in [1.29, 1.82) is 0 Å². The van der Waals surface area contributed by atoms with Gasteiger partial charge in [-0.2, -0.15) is 0 Å². The van der Waals surface area contributed by atoms with E-state index in [2.05, 4.69) is 19.2 Å². The molecule has 0 aliphatic carbocycles. The number of halogens is 2. The lowest BCUT2D eigenvalue weighted by Crippen LogP contribution is -2.16. The maximum absolute atomic E-state index is 6.15. The summed E-state index contributed by atoms with van der Waals surface area (Å²) in [5.41, 5.74) is 0.857. The second kappa shape index (κ2) is 5.79. The lowest BCUT2D eigenvalue weighted by molar-refractivity contribution is 0.445. The molecule has 0 spiro atoms. The Bertz CT molecular complexity index is 536. The molecule has 1 aromatic heterocycles. The van der Waals surface area contributed by atoms with Gasteiger partial charge in [0.15, 0.2) is 0 Å². The van der Waals surface area contributed by atoms with Crippen LogP contribution >= 0.6 is 23.2 Å². The molecule has 0 amide bonds. The van der Waals surface area contributed by atoms with Crippen molar-refractivity contribution >= 4 is 23.2 Å². The molecular formula is C14H15Cl2NO. The molecular weight excluding hydrogens is 269 g/mol. The van der Waals surface area contributed by atoms with Crippen LogP contribution in [0, 0.1) is 0 Å². The molecule has 2 rings (SSSR count). The van der Waals surface area contributed by atoms with Crippen molar-refractivity contribution < 1.29 is 4.42 Å². The standard InChI is InChI=1S/C14H15Cl2NO/c1-3-17-9(2)13-6-7-14(18-13)11-5-4-10(15)8-12(11)16/h4-9,17H,3H2,1-2H3. The van der Waals surface area contributed by atoms with Gasteiger partial charge in [-0.15, -0.1) is 0 Å². The van der Waals surface area contributed by atoms with Gasteiger partial charge in [0.2, 0.25) is 0 Å². The first-order valence-corrected chi connectivity index (χ1v) is 6.66. The molecule has 0 bridgehead atoms. The quantitative estimate of drug-likeness (QED) is 0.861. The third-order valence-electron chi connectivity index (χ3n) is 2.76. The number of hydrogen-bond donors (Lipinski definition) is 1. The van der Waals surface area contributed by atoms with E-state index in [1.165, 1.54) is 0 Å². The lowest BCUT2D eigenvalue weighted by Gasteiger charge is -2.08. The Labute approximate surface area is 117 Å². The third-order valence-corrected chi connectivity index (χ3v) is 3.31. The Morgan fingerprint density at radius 2 is 2.00 bits per heavy atom. The molecule has 1 aromatic carbocycles. The Kier molecular flexibility index (Phi) is 4.33. The zero-order valence-corrected chi connectivity index (χ0v) is 11.8. The van der Waals surface area contributed by atoms with Crippen LogP contribution in [-0.2, 0) is 0 Å².